The lowest BCUT2D eigenvalue weighted by Gasteiger charge is -2.38. The normalized spacial score (nSPS) is 33.0. The zero-order chi connectivity index (χ0) is 24.9. The molecule has 2 aliphatic carbocycles. The molecule has 1 saturated heterocycles. The molecule has 0 aromatic heterocycles. The molecule has 6 atom stereocenters. The van der Waals surface area contributed by atoms with Crippen LogP contribution in [0.2, 0.25) is 5.02 Å². The van der Waals surface area contributed by atoms with Crippen LogP contribution in [0, 0.1) is 11.2 Å². The molecule has 1 heterocycles. The number of rotatable bonds is 6. The molecule has 4 rings (SSSR count). The average molecular weight is 564 g/mol. The summed E-state index contributed by atoms with van der Waals surface area (Å²) in [7, 11) is 0. The predicted molar refractivity (Wildman–Crippen MR) is 122 cm³/mol. The summed E-state index contributed by atoms with van der Waals surface area (Å²) in [6.07, 6.45) is -5.28. The lowest BCUT2D eigenvalue weighted by atomic mass is 9.69. The van der Waals surface area contributed by atoms with E-state index in [9.17, 15) is 30.0 Å². The molecule has 4 N–H and O–H groups in total. The molecule has 11 heteroatoms. The maximum Gasteiger partial charge on any atom is 0.335 e. The number of aliphatic carboxylic acids is 1. The maximum atomic E-state index is 15.3. The Kier molecular flexibility index (Phi) is 7.12. The van der Waals surface area contributed by atoms with Crippen LogP contribution >= 0.6 is 27.5 Å². The summed E-state index contributed by atoms with van der Waals surface area (Å²) >= 11 is 10.0. The summed E-state index contributed by atoms with van der Waals surface area (Å²) in [5, 5.41) is 39.3. The Labute approximate surface area is 208 Å². The van der Waals surface area contributed by atoms with E-state index >= 15 is 4.39 Å². The van der Waals surface area contributed by atoms with Crippen LogP contribution in [0.4, 0.5) is 4.39 Å². The van der Waals surface area contributed by atoms with Gasteiger partial charge in [-0.3, -0.25) is 4.79 Å². The standard InChI is InChI=1S/C23H25BrClFO8/c1-2-3-5-23-6-4-12(27)14(24)13(23)9-7-11(26)19(15(25)10(9)8-23)33-22-18(30)16(28)17(29)20(34-22)21(31)32/h7,16-18,20,22,28-30H,2-6,8H2,1H3,(H,31,32)/t16-,17-,18+,20-,22?,23?/m0/s1. The molecular weight excluding hydrogens is 539 g/mol. The quantitative estimate of drug-likeness (QED) is 0.415. The smallest absolute Gasteiger partial charge is 0.335 e. The highest BCUT2D eigenvalue weighted by Crippen LogP contribution is 2.59. The molecule has 0 spiro atoms. The van der Waals surface area contributed by atoms with Crippen LogP contribution in [0.5, 0.6) is 5.75 Å². The molecule has 1 fully saturated rings. The Morgan fingerprint density at radius 1 is 1.32 bits per heavy atom. The summed E-state index contributed by atoms with van der Waals surface area (Å²) in [5.41, 5.74) is 1.44. The zero-order valence-corrected chi connectivity index (χ0v) is 20.6. The van der Waals surface area contributed by atoms with Gasteiger partial charge in [-0.15, -0.1) is 0 Å². The summed E-state index contributed by atoms with van der Waals surface area (Å²) in [4.78, 5) is 23.8. The number of carbonyl (C=O) groups is 2. The number of ether oxygens (including phenoxy) is 2. The van der Waals surface area contributed by atoms with Crippen LogP contribution in [0.15, 0.2) is 10.5 Å². The van der Waals surface area contributed by atoms with Gasteiger partial charge in [0.1, 0.15) is 18.3 Å². The van der Waals surface area contributed by atoms with Crippen LogP contribution in [0.25, 0.3) is 5.57 Å². The molecule has 0 saturated carbocycles. The van der Waals surface area contributed by atoms with E-state index in [0.29, 0.717) is 34.9 Å². The fourth-order valence-corrected chi connectivity index (χ4v) is 6.28. The SMILES string of the molecule is CCCCC12CCC(=O)C(Br)=C1c1cc(F)c(OC3O[C@H](C(=O)O)[C@@H](O)[C@H](O)[C@H]3O)c(Cl)c1C2. The number of benzene rings is 1. The van der Waals surface area contributed by atoms with E-state index in [0.717, 1.165) is 24.8 Å². The van der Waals surface area contributed by atoms with E-state index in [1.165, 1.54) is 6.07 Å². The number of aliphatic hydroxyl groups excluding tert-OH is 3. The fourth-order valence-electron chi connectivity index (χ4n) is 5.14. The van der Waals surface area contributed by atoms with Crippen molar-refractivity contribution in [1.82, 2.24) is 0 Å². The first kappa shape index (κ1) is 25.5. The molecule has 0 radical (unpaired) electrons. The van der Waals surface area contributed by atoms with Crippen LogP contribution in [-0.4, -0.2) is 62.9 Å². The number of unbranched alkanes of at least 4 members (excludes halogenated alkanes) is 1. The molecule has 1 aromatic carbocycles. The highest BCUT2D eigenvalue weighted by molar-refractivity contribution is 9.12. The van der Waals surface area contributed by atoms with Gasteiger partial charge < -0.3 is 29.9 Å². The van der Waals surface area contributed by atoms with Crippen LogP contribution in [0.3, 0.4) is 0 Å². The summed E-state index contributed by atoms with van der Waals surface area (Å²) in [6, 6.07) is 1.22. The Hall–Kier alpha value is -1.56. The molecule has 0 bridgehead atoms. The number of halogens is 3. The third-order valence-electron chi connectivity index (χ3n) is 6.94. The van der Waals surface area contributed by atoms with Crippen molar-refractivity contribution in [2.24, 2.45) is 5.41 Å². The molecule has 186 valence electrons. The molecule has 0 amide bonds. The number of hydrogen-bond donors (Lipinski definition) is 4. The Morgan fingerprint density at radius 2 is 2.03 bits per heavy atom. The monoisotopic (exact) mass is 562 g/mol. The van der Waals surface area contributed by atoms with Crippen molar-refractivity contribution in [1.29, 1.82) is 0 Å². The molecule has 34 heavy (non-hydrogen) atoms. The molecule has 1 aromatic rings. The zero-order valence-electron chi connectivity index (χ0n) is 18.3. The van der Waals surface area contributed by atoms with Crippen LogP contribution < -0.4 is 4.74 Å². The van der Waals surface area contributed by atoms with Gasteiger partial charge in [0, 0.05) is 11.8 Å². The van der Waals surface area contributed by atoms with E-state index in [-0.39, 0.29) is 16.2 Å². The topological polar surface area (TPSA) is 134 Å². The first-order chi connectivity index (χ1) is 16.0. The molecule has 2 unspecified atom stereocenters. The highest BCUT2D eigenvalue weighted by Gasteiger charge is 2.50. The second-order valence-electron chi connectivity index (χ2n) is 9.05. The number of carboxylic acids is 1. The van der Waals surface area contributed by atoms with E-state index in [1.54, 1.807) is 0 Å². The summed E-state index contributed by atoms with van der Waals surface area (Å²) < 4.78 is 26.3. The Morgan fingerprint density at radius 3 is 2.68 bits per heavy atom. The number of hydrogen-bond acceptors (Lipinski definition) is 7. The van der Waals surface area contributed by atoms with Gasteiger partial charge in [-0.05, 0) is 58.0 Å². The number of ketones is 1. The predicted octanol–water partition coefficient (Wildman–Crippen LogP) is 2.95. The largest absolute Gasteiger partial charge is 0.479 e. The van der Waals surface area contributed by atoms with Gasteiger partial charge in [-0.1, -0.05) is 31.4 Å². The minimum absolute atomic E-state index is 0.0576. The Bertz CT molecular complexity index is 1060. The minimum Gasteiger partial charge on any atom is -0.479 e. The van der Waals surface area contributed by atoms with Crippen molar-refractivity contribution in [2.75, 3.05) is 0 Å². The second kappa shape index (κ2) is 9.48. The van der Waals surface area contributed by atoms with Crippen LogP contribution in [0.1, 0.15) is 50.2 Å². The second-order valence-corrected chi connectivity index (χ2v) is 10.2. The van der Waals surface area contributed by atoms with Crippen molar-refractivity contribution in [3.8, 4) is 5.75 Å². The van der Waals surface area contributed by atoms with Crippen molar-refractivity contribution in [3.63, 3.8) is 0 Å². The van der Waals surface area contributed by atoms with Crippen LogP contribution in [-0.2, 0) is 20.7 Å². The molecule has 8 nitrogen and oxygen atoms in total. The van der Waals surface area contributed by atoms with Crippen molar-refractivity contribution in [2.45, 2.75) is 76.2 Å². The highest BCUT2D eigenvalue weighted by atomic mass is 79.9. The van der Waals surface area contributed by atoms with Crippen molar-refractivity contribution >= 4 is 44.9 Å². The van der Waals surface area contributed by atoms with Gasteiger partial charge in [0.2, 0.25) is 6.29 Å². The number of allylic oxidation sites excluding steroid dienone is 2. The van der Waals surface area contributed by atoms with E-state index in [2.05, 4.69) is 22.9 Å². The summed E-state index contributed by atoms with van der Waals surface area (Å²) in [5.74, 6) is -3.01. The number of aliphatic hydroxyl groups is 3. The molecule has 1 aliphatic heterocycles. The molecule has 3 aliphatic rings. The molecular formula is C23H25BrClFO8. The third-order valence-corrected chi connectivity index (χ3v) is 8.18. The number of carbonyl (C=O) groups excluding carboxylic acids is 1. The number of carboxylic acid groups (broad SMARTS) is 1. The van der Waals surface area contributed by atoms with Crippen molar-refractivity contribution < 1.29 is 43.9 Å². The van der Waals surface area contributed by atoms with Gasteiger partial charge in [0.15, 0.2) is 23.5 Å². The maximum absolute atomic E-state index is 15.3. The number of fused-ring (bicyclic) bond motifs is 3. The van der Waals surface area contributed by atoms with Gasteiger partial charge in [-0.25, -0.2) is 9.18 Å². The van der Waals surface area contributed by atoms with Gasteiger partial charge in [-0.2, -0.15) is 0 Å². The van der Waals surface area contributed by atoms with Gasteiger partial charge in [0.05, 0.1) is 9.51 Å². The fraction of sp³-hybridized carbons (Fsp3) is 0.565. The van der Waals surface area contributed by atoms with Gasteiger partial charge in [0.25, 0.3) is 0 Å². The Balaban J connectivity index is 1.74. The van der Waals surface area contributed by atoms with Crippen molar-refractivity contribution in [3.05, 3.63) is 32.5 Å². The van der Waals surface area contributed by atoms with E-state index < -0.39 is 48.2 Å². The average Bonchev–Trinajstić information content (AvgIpc) is 3.12. The number of Topliss-reactive ketones (excluding diaryl/α,β-unsaturated/α-hetero) is 1. The van der Waals surface area contributed by atoms with E-state index in [4.69, 9.17) is 21.1 Å². The lowest BCUT2D eigenvalue weighted by Crippen LogP contribution is -2.61. The minimum atomic E-state index is -1.91. The summed E-state index contributed by atoms with van der Waals surface area (Å²) in [6.45, 7) is 2.06. The third kappa shape index (κ3) is 4.08. The first-order valence-corrected chi connectivity index (χ1v) is 12.2. The van der Waals surface area contributed by atoms with Gasteiger partial charge >= 0.3 is 5.97 Å². The first-order valence-electron chi connectivity index (χ1n) is 11.1. The van der Waals surface area contributed by atoms with E-state index in [1.807, 2.05) is 0 Å². The lowest BCUT2D eigenvalue weighted by molar-refractivity contribution is -0.271.